The van der Waals surface area contributed by atoms with Crippen LogP contribution in [-0.4, -0.2) is 6.61 Å². The minimum absolute atomic E-state index is 0.385. The molecule has 1 aromatic heterocycles. The van der Waals surface area contributed by atoms with Crippen molar-refractivity contribution in [1.29, 1.82) is 0 Å². The monoisotopic (exact) mass is 289 g/mol. The van der Waals surface area contributed by atoms with E-state index in [0.717, 1.165) is 18.7 Å². The lowest BCUT2D eigenvalue weighted by Gasteiger charge is -2.13. The van der Waals surface area contributed by atoms with Gasteiger partial charge < -0.3 is 10.1 Å². The Morgan fingerprint density at radius 3 is 2.75 bits per heavy atom. The van der Waals surface area contributed by atoms with Crippen LogP contribution in [0.25, 0.3) is 0 Å². The van der Waals surface area contributed by atoms with Crippen molar-refractivity contribution in [1.82, 2.24) is 5.32 Å². The van der Waals surface area contributed by atoms with Crippen LogP contribution in [0.5, 0.6) is 5.75 Å². The van der Waals surface area contributed by atoms with Crippen LogP contribution >= 0.6 is 11.3 Å². The third-order valence-corrected chi connectivity index (χ3v) is 4.69. The zero-order valence-electron chi connectivity index (χ0n) is 12.5. The molecule has 1 aromatic carbocycles. The fraction of sp³-hybridized carbons (Fsp3) is 0.412. The average Bonchev–Trinajstić information content (AvgIpc) is 2.94. The Bertz CT molecular complexity index is 535. The molecular weight excluding hydrogens is 266 g/mol. The zero-order valence-corrected chi connectivity index (χ0v) is 13.3. The predicted molar refractivity (Wildman–Crippen MR) is 86.6 cm³/mol. The molecule has 0 amide bonds. The second-order valence-corrected chi connectivity index (χ2v) is 6.04. The van der Waals surface area contributed by atoms with E-state index in [1.165, 1.54) is 15.3 Å². The molecule has 0 aliphatic rings. The second kappa shape index (κ2) is 7.46. The van der Waals surface area contributed by atoms with Crippen molar-refractivity contribution in [2.45, 2.75) is 39.8 Å². The van der Waals surface area contributed by atoms with Gasteiger partial charge in [0, 0.05) is 22.3 Å². The molecule has 1 N–H and O–H groups in total. The molecule has 1 atom stereocenters. The van der Waals surface area contributed by atoms with E-state index >= 15 is 0 Å². The smallest absolute Gasteiger partial charge is 0.119 e. The molecule has 0 spiro atoms. The second-order valence-electron chi connectivity index (χ2n) is 4.84. The Hall–Kier alpha value is -1.32. The molecule has 0 bridgehead atoms. The molecule has 2 aromatic rings. The summed E-state index contributed by atoms with van der Waals surface area (Å²) in [7, 11) is 0. The maximum absolute atomic E-state index is 5.53. The molecule has 1 heterocycles. The van der Waals surface area contributed by atoms with Gasteiger partial charge in [0.25, 0.3) is 0 Å². The van der Waals surface area contributed by atoms with Crippen molar-refractivity contribution in [3.63, 3.8) is 0 Å². The molecule has 2 nitrogen and oxygen atoms in total. The summed E-state index contributed by atoms with van der Waals surface area (Å²) in [6, 6.07) is 13.1. The van der Waals surface area contributed by atoms with Gasteiger partial charge in [-0.2, -0.15) is 0 Å². The number of rotatable bonds is 7. The molecule has 0 aliphatic heterocycles. The van der Waals surface area contributed by atoms with Gasteiger partial charge in [-0.1, -0.05) is 19.1 Å². The topological polar surface area (TPSA) is 21.3 Å². The molecule has 0 aliphatic carbocycles. The van der Waals surface area contributed by atoms with Crippen LogP contribution in [0.15, 0.2) is 36.4 Å². The van der Waals surface area contributed by atoms with Gasteiger partial charge >= 0.3 is 0 Å². The highest BCUT2D eigenvalue weighted by Gasteiger charge is 2.08. The Labute approximate surface area is 125 Å². The maximum Gasteiger partial charge on any atom is 0.119 e. The van der Waals surface area contributed by atoms with Crippen molar-refractivity contribution >= 4 is 11.3 Å². The first-order chi connectivity index (χ1) is 9.72. The van der Waals surface area contributed by atoms with Crippen LogP contribution in [0.3, 0.4) is 0 Å². The largest absolute Gasteiger partial charge is 0.494 e. The average molecular weight is 289 g/mol. The van der Waals surface area contributed by atoms with Crippen LogP contribution in [-0.2, 0) is 13.0 Å². The highest BCUT2D eigenvalue weighted by Crippen LogP contribution is 2.24. The molecule has 0 radical (unpaired) electrons. The van der Waals surface area contributed by atoms with Gasteiger partial charge in [-0.25, -0.2) is 0 Å². The predicted octanol–water partition coefficient (Wildman–Crippen LogP) is 4.56. The summed E-state index contributed by atoms with van der Waals surface area (Å²) in [5, 5.41) is 3.58. The highest BCUT2D eigenvalue weighted by molar-refractivity contribution is 7.12. The minimum atomic E-state index is 0.385. The van der Waals surface area contributed by atoms with Crippen molar-refractivity contribution in [3.8, 4) is 5.75 Å². The van der Waals surface area contributed by atoms with Gasteiger partial charge in [-0.05, 0) is 50.1 Å². The van der Waals surface area contributed by atoms with Crippen molar-refractivity contribution in [2.75, 3.05) is 6.61 Å². The van der Waals surface area contributed by atoms with E-state index in [1.54, 1.807) is 0 Å². The number of ether oxygens (including phenoxy) is 1. The molecule has 3 heteroatoms. The lowest BCUT2D eigenvalue weighted by atomic mass is 10.2. The van der Waals surface area contributed by atoms with Crippen molar-refractivity contribution in [2.24, 2.45) is 0 Å². The Balaban J connectivity index is 1.92. The zero-order chi connectivity index (χ0) is 14.4. The number of aryl methyl sites for hydroxylation is 1. The van der Waals surface area contributed by atoms with Crippen molar-refractivity contribution < 1.29 is 4.74 Å². The van der Waals surface area contributed by atoms with Gasteiger partial charge in [-0.15, -0.1) is 11.3 Å². The fourth-order valence-electron chi connectivity index (χ4n) is 2.10. The van der Waals surface area contributed by atoms with Gasteiger partial charge in [0.2, 0.25) is 0 Å². The molecule has 0 saturated heterocycles. The fourth-order valence-corrected chi connectivity index (χ4v) is 3.08. The summed E-state index contributed by atoms with van der Waals surface area (Å²) >= 11 is 1.90. The SMILES string of the molecule is CCOc1cccc(CNC(C)c2ccc(CC)s2)c1. The molecule has 0 fully saturated rings. The lowest BCUT2D eigenvalue weighted by molar-refractivity contribution is 0.339. The van der Waals surface area contributed by atoms with E-state index < -0.39 is 0 Å². The van der Waals surface area contributed by atoms with Gasteiger partial charge in [0.15, 0.2) is 0 Å². The summed E-state index contributed by atoms with van der Waals surface area (Å²) in [4.78, 5) is 2.86. The van der Waals surface area contributed by atoms with Crippen LogP contribution in [0.1, 0.15) is 42.1 Å². The first-order valence-electron chi connectivity index (χ1n) is 7.26. The number of hydrogen-bond acceptors (Lipinski definition) is 3. The third kappa shape index (κ3) is 4.09. The Kier molecular flexibility index (Phi) is 5.62. The molecule has 2 rings (SSSR count). The normalized spacial score (nSPS) is 12.3. The van der Waals surface area contributed by atoms with Crippen molar-refractivity contribution in [3.05, 3.63) is 51.7 Å². The summed E-state index contributed by atoms with van der Waals surface area (Å²) in [6.07, 6.45) is 1.12. The molecule has 20 heavy (non-hydrogen) atoms. The third-order valence-electron chi connectivity index (χ3n) is 3.28. The highest BCUT2D eigenvalue weighted by atomic mass is 32.1. The number of thiophene rings is 1. The molecular formula is C17H23NOS. The van der Waals surface area contributed by atoms with E-state index in [-0.39, 0.29) is 0 Å². The first-order valence-corrected chi connectivity index (χ1v) is 8.08. The summed E-state index contributed by atoms with van der Waals surface area (Å²) in [6.45, 7) is 8.00. The van der Waals surface area contributed by atoms with Crippen LogP contribution in [0.4, 0.5) is 0 Å². The van der Waals surface area contributed by atoms with E-state index in [0.29, 0.717) is 12.6 Å². The van der Waals surface area contributed by atoms with Crippen LogP contribution < -0.4 is 10.1 Å². The Morgan fingerprint density at radius 2 is 2.05 bits per heavy atom. The molecule has 108 valence electrons. The van der Waals surface area contributed by atoms with Crippen LogP contribution in [0, 0.1) is 0 Å². The number of nitrogens with one attached hydrogen (secondary N) is 1. The summed E-state index contributed by atoms with van der Waals surface area (Å²) < 4.78 is 5.53. The van der Waals surface area contributed by atoms with Crippen LogP contribution in [0.2, 0.25) is 0 Å². The van der Waals surface area contributed by atoms with E-state index in [1.807, 2.05) is 30.4 Å². The maximum atomic E-state index is 5.53. The Morgan fingerprint density at radius 1 is 1.20 bits per heavy atom. The van der Waals surface area contributed by atoms with Gasteiger partial charge in [-0.3, -0.25) is 0 Å². The lowest BCUT2D eigenvalue weighted by Crippen LogP contribution is -2.17. The van der Waals surface area contributed by atoms with E-state index in [2.05, 4.69) is 43.4 Å². The standard InChI is InChI=1S/C17H23NOS/c1-4-16-9-10-17(20-16)13(3)18-12-14-7-6-8-15(11-14)19-5-2/h6-11,13,18H,4-5,12H2,1-3H3. The molecule has 0 saturated carbocycles. The summed E-state index contributed by atoms with van der Waals surface area (Å²) in [5.41, 5.74) is 1.26. The minimum Gasteiger partial charge on any atom is -0.494 e. The quantitative estimate of drug-likeness (QED) is 0.806. The van der Waals surface area contributed by atoms with E-state index in [4.69, 9.17) is 4.74 Å². The molecule has 1 unspecified atom stereocenters. The first kappa shape index (κ1) is 15.1. The number of benzene rings is 1. The summed E-state index contributed by atoms with van der Waals surface area (Å²) in [5.74, 6) is 0.948. The van der Waals surface area contributed by atoms with Gasteiger partial charge in [0.1, 0.15) is 5.75 Å². The van der Waals surface area contributed by atoms with Gasteiger partial charge in [0.05, 0.1) is 6.61 Å². The van der Waals surface area contributed by atoms with E-state index in [9.17, 15) is 0 Å². The number of hydrogen-bond donors (Lipinski definition) is 1.